The summed E-state index contributed by atoms with van der Waals surface area (Å²) in [5.74, 6) is -0.829. The highest BCUT2D eigenvalue weighted by molar-refractivity contribution is 7.92. The number of aryl methyl sites for hydroxylation is 1. The minimum atomic E-state index is -3.86. The fraction of sp³-hybridized carbons (Fsp3) is 0.182. The number of carboxylic acid groups (broad SMARTS) is 1. The number of carboxylic acids is 1. The summed E-state index contributed by atoms with van der Waals surface area (Å²) >= 11 is 0. The van der Waals surface area contributed by atoms with Gasteiger partial charge in [0.05, 0.1) is 16.8 Å². The third kappa shape index (κ3) is 3.86. The van der Waals surface area contributed by atoms with Crippen molar-refractivity contribution in [3.05, 3.63) is 83.0 Å². The summed E-state index contributed by atoms with van der Waals surface area (Å²) in [6.45, 7) is 2.89. The first-order valence-corrected chi connectivity index (χ1v) is 11.0. The van der Waals surface area contributed by atoms with E-state index in [0.29, 0.717) is 24.5 Å². The zero-order valence-corrected chi connectivity index (χ0v) is 17.2. The van der Waals surface area contributed by atoms with Crippen LogP contribution in [-0.2, 0) is 23.0 Å². The van der Waals surface area contributed by atoms with Crippen LogP contribution in [0, 0.1) is 6.92 Å². The molecule has 0 fully saturated rings. The van der Waals surface area contributed by atoms with Gasteiger partial charge in [0.25, 0.3) is 10.0 Å². The Morgan fingerprint density at radius 1 is 1.10 bits per heavy atom. The van der Waals surface area contributed by atoms with Crippen molar-refractivity contribution in [3.8, 4) is 0 Å². The predicted octanol–water partition coefficient (Wildman–Crippen LogP) is 3.45. The molecule has 2 heterocycles. The van der Waals surface area contributed by atoms with E-state index < -0.39 is 16.0 Å². The van der Waals surface area contributed by atoms with Crippen LogP contribution in [0.2, 0.25) is 0 Å². The van der Waals surface area contributed by atoms with Gasteiger partial charge in [0.2, 0.25) is 0 Å². The number of pyridine rings is 1. The highest BCUT2D eigenvalue weighted by Gasteiger charge is 2.24. The zero-order chi connectivity index (χ0) is 21.3. The van der Waals surface area contributed by atoms with E-state index in [1.54, 1.807) is 25.1 Å². The van der Waals surface area contributed by atoms with E-state index in [1.165, 1.54) is 23.9 Å². The minimum Gasteiger partial charge on any atom is -0.478 e. The van der Waals surface area contributed by atoms with Crippen molar-refractivity contribution in [1.82, 2.24) is 4.98 Å². The van der Waals surface area contributed by atoms with E-state index in [4.69, 9.17) is 0 Å². The van der Waals surface area contributed by atoms with E-state index >= 15 is 0 Å². The molecule has 8 heteroatoms. The van der Waals surface area contributed by atoms with Crippen molar-refractivity contribution in [3.63, 3.8) is 0 Å². The van der Waals surface area contributed by atoms with Crippen molar-refractivity contribution in [2.24, 2.45) is 0 Å². The largest absolute Gasteiger partial charge is 0.478 e. The van der Waals surface area contributed by atoms with Crippen molar-refractivity contribution in [1.29, 1.82) is 0 Å². The normalized spacial score (nSPS) is 13.6. The van der Waals surface area contributed by atoms with Crippen LogP contribution < -0.4 is 9.62 Å². The Kier molecular flexibility index (Phi) is 5.17. The van der Waals surface area contributed by atoms with E-state index in [0.717, 1.165) is 12.0 Å². The summed E-state index contributed by atoms with van der Waals surface area (Å²) in [5, 5.41) is 9.73. The molecule has 2 aromatic carbocycles. The first-order valence-electron chi connectivity index (χ1n) is 9.49. The monoisotopic (exact) mass is 423 g/mol. The molecule has 1 aliphatic rings. The third-order valence-corrected chi connectivity index (χ3v) is 6.70. The molecular formula is C22H21N3O4S. The van der Waals surface area contributed by atoms with Crippen LogP contribution in [0.1, 0.15) is 27.0 Å². The van der Waals surface area contributed by atoms with Crippen LogP contribution in [0.15, 0.2) is 65.7 Å². The molecule has 30 heavy (non-hydrogen) atoms. The van der Waals surface area contributed by atoms with Crippen molar-refractivity contribution in [2.75, 3.05) is 16.2 Å². The molecule has 0 aliphatic carbocycles. The lowest BCUT2D eigenvalue weighted by atomic mass is 9.99. The zero-order valence-electron chi connectivity index (χ0n) is 16.4. The lowest BCUT2D eigenvalue weighted by Gasteiger charge is -2.30. The predicted molar refractivity (Wildman–Crippen MR) is 114 cm³/mol. The molecule has 1 aliphatic heterocycles. The van der Waals surface area contributed by atoms with Gasteiger partial charge in [-0.2, -0.15) is 0 Å². The Labute approximate surface area is 175 Å². The van der Waals surface area contributed by atoms with Gasteiger partial charge >= 0.3 is 5.97 Å². The molecule has 0 radical (unpaired) electrons. The molecule has 154 valence electrons. The number of nitrogens with one attached hydrogen (secondary N) is 1. The summed E-state index contributed by atoms with van der Waals surface area (Å²) in [4.78, 5) is 18.3. The summed E-state index contributed by atoms with van der Waals surface area (Å²) in [6, 6.07) is 16.0. The van der Waals surface area contributed by atoms with E-state index in [9.17, 15) is 18.3 Å². The van der Waals surface area contributed by atoms with Gasteiger partial charge in [-0.3, -0.25) is 4.72 Å². The van der Waals surface area contributed by atoms with Gasteiger partial charge < -0.3 is 10.0 Å². The molecule has 7 nitrogen and oxygen atoms in total. The average molecular weight is 423 g/mol. The Balaban J connectivity index is 1.65. The number of nitrogens with zero attached hydrogens (tertiary/aromatic N) is 2. The average Bonchev–Trinajstić information content (AvgIpc) is 2.73. The standard InChI is InChI=1S/C22H21N3O4S/c1-15-6-2-5-9-20(15)30(28,29)24-18-12-19(22(26)27)21(23-13-18)25-11-10-16-7-3-4-8-17(16)14-25/h2-9,12-13,24H,10-11,14H2,1H3,(H,26,27). The van der Waals surface area contributed by atoms with E-state index in [1.807, 2.05) is 23.1 Å². The van der Waals surface area contributed by atoms with E-state index in [-0.39, 0.29) is 16.1 Å². The maximum atomic E-state index is 12.7. The summed E-state index contributed by atoms with van der Waals surface area (Å²) < 4.78 is 27.9. The SMILES string of the molecule is Cc1ccccc1S(=O)(=O)Nc1cnc(N2CCc3ccccc3C2)c(C(=O)O)c1. The maximum Gasteiger partial charge on any atom is 0.339 e. The number of hydrogen-bond acceptors (Lipinski definition) is 5. The Morgan fingerprint density at radius 2 is 1.80 bits per heavy atom. The minimum absolute atomic E-state index is 0.0423. The van der Waals surface area contributed by atoms with Crippen LogP contribution in [0.4, 0.5) is 11.5 Å². The number of aromatic carboxylic acids is 1. The molecule has 3 aromatic rings. The van der Waals surface area contributed by atoms with Gasteiger partial charge in [-0.25, -0.2) is 18.2 Å². The number of benzene rings is 2. The van der Waals surface area contributed by atoms with Gasteiger partial charge in [0, 0.05) is 13.1 Å². The fourth-order valence-corrected chi connectivity index (χ4v) is 4.95. The van der Waals surface area contributed by atoms with Crippen molar-refractivity contribution < 1.29 is 18.3 Å². The molecule has 1 aromatic heterocycles. The van der Waals surface area contributed by atoms with Gasteiger partial charge in [0.1, 0.15) is 11.4 Å². The van der Waals surface area contributed by atoms with Crippen LogP contribution in [0.25, 0.3) is 0 Å². The van der Waals surface area contributed by atoms with Crippen molar-refractivity contribution in [2.45, 2.75) is 24.8 Å². The van der Waals surface area contributed by atoms with E-state index in [2.05, 4.69) is 15.8 Å². The number of aromatic nitrogens is 1. The first kappa shape index (κ1) is 19.9. The number of hydrogen-bond donors (Lipinski definition) is 2. The first-order chi connectivity index (χ1) is 14.3. The number of anilines is 2. The molecule has 0 unspecified atom stereocenters. The lowest BCUT2D eigenvalue weighted by Crippen LogP contribution is -2.32. The van der Waals surface area contributed by atoms with Crippen molar-refractivity contribution >= 4 is 27.5 Å². The second kappa shape index (κ2) is 7.79. The second-order valence-corrected chi connectivity index (χ2v) is 8.86. The quantitative estimate of drug-likeness (QED) is 0.652. The molecule has 0 saturated carbocycles. The summed E-state index contributed by atoms with van der Waals surface area (Å²) in [6.07, 6.45) is 2.15. The molecule has 0 spiro atoms. The Hall–Kier alpha value is -3.39. The Morgan fingerprint density at radius 3 is 2.53 bits per heavy atom. The van der Waals surface area contributed by atoms with Gasteiger partial charge in [-0.05, 0) is 42.2 Å². The smallest absolute Gasteiger partial charge is 0.339 e. The number of fused-ring (bicyclic) bond motifs is 1. The topological polar surface area (TPSA) is 99.6 Å². The molecule has 4 rings (SSSR count). The third-order valence-electron chi connectivity index (χ3n) is 5.16. The highest BCUT2D eigenvalue weighted by atomic mass is 32.2. The van der Waals surface area contributed by atoms with Crippen LogP contribution in [-0.4, -0.2) is 31.0 Å². The fourth-order valence-electron chi connectivity index (χ4n) is 3.67. The summed E-state index contributed by atoms with van der Waals surface area (Å²) in [7, 11) is -3.86. The van der Waals surface area contributed by atoms with Crippen LogP contribution in [0.3, 0.4) is 0 Å². The van der Waals surface area contributed by atoms with Gasteiger partial charge in [-0.15, -0.1) is 0 Å². The van der Waals surface area contributed by atoms with Crippen LogP contribution >= 0.6 is 0 Å². The molecule has 0 saturated heterocycles. The number of carbonyl (C=O) groups is 1. The number of sulfonamides is 1. The Bertz CT molecular complexity index is 1220. The summed E-state index contributed by atoms with van der Waals surface area (Å²) in [5.41, 5.74) is 3.04. The lowest BCUT2D eigenvalue weighted by molar-refractivity contribution is 0.0697. The highest BCUT2D eigenvalue weighted by Crippen LogP contribution is 2.28. The molecule has 2 N–H and O–H groups in total. The van der Waals surface area contributed by atoms with Gasteiger partial charge in [-0.1, -0.05) is 42.5 Å². The molecule has 0 amide bonds. The van der Waals surface area contributed by atoms with Gasteiger partial charge in [0.15, 0.2) is 0 Å². The second-order valence-electron chi connectivity index (χ2n) is 7.21. The number of rotatable bonds is 5. The maximum absolute atomic E-state index is 12.7. The molecule has 0 bridgehead atoms. The molecule has 0 atom stereocenters. The molecular weight excluding hydrogens is 402 g/mol. The van der Waals surface area contributed by atoms with Crippen LogP contribution in [0.5, 0.6) is 0 Å².